The van der Waals surface area contributed by atoms with Gasteiger partial charge in [-0.1, -0.05) is 67.8 Å². The molecule has 8 heteroatoms. The summed E-state index contributed by atoms with van der Waals surface area (Å²) >= 11 is 0. The van der Waals surface area contributed by atoms with Crippen LogP contribution in [0.1, 0.15) is 85.3 Å². The van der Waals surface area contributed by atoms with Gasteiger partial charge < -0.3 is 19.4 Å². The summed E-state index contributed by atoms with van der Waals surface area (Å²) in [5.74, 6) is 1.63. The number of aliphatic carboxylic acids is 2. The molecule has 2 heterocycles. The highest BCUT2D eigenvalue weighted by Gasteiger charge is 2.27. The lowest BCUT2D eigenvalue weighted by molar-refractivity contribution is -0.134. The van der Waals surface area contributed by atoms with E-state index in [-0.39, 0.29) is 0 Å². The molecule has 41 heavy (non-hydrogen) atoms. The number of hydrogen-bond acceptors (Lipinski definition) is 6. The first-order valence-corrected chi connectivity index (χ1v) is 14.4. The maximum absolute atomic E-state index is 9.55. The lowest BCUT2D eigenvalue weighted by Crippen LogP contribution is -2.32. The van der Waals surface area contributed by atoms with Crippen molar-refractivity contribution in [3.05, 3.63) is 95.2 Å². The number of benzene rings is 2. The van der Waals surface area contributed by atoms with Crippen LogP contribution < -0.4 is 4.74 Å². The van der Waals surface area contributed by atoms with Gasteiger partial charge in [0.1, 0.15) is 11.5 Å². The van der Waals surface area contributed by atoms with Crippen LogP contribution in [-0.4, -0.2) is 52.2 Å². The number of rotatable bonds is 9. The van der Waals surface area contributed by atoms with Gasteiger partial charge in [0.25, 0.3) is 0 Å². The highest BCUT2D eigenvalue weighted by Crippen LogP contribution is 2.36. The molecule has 3 aromatic rings. The second-order valence-corrected chi connectivity index (χ2v) is 10.7. The summed E-state index contributed by atoms with van der Waals surface area (Å²) in [6, 6.07) is 19.2. The zero-order valence-corrected chi connectivity index (χ0v) is 23.7. The van der Waals surface area contributed by atoms with Gasteiger partial charge in [-0.25, -0.2) is 14.6 Å². The van der Waals surface area contributed by atoms with Gasteiger partial charge in [-0.15, -0.1) is 0 Å². The zero-order valence-electron chi connectivity index (χ0n) is 23.7. The Balaban J connectivity index is 0.000000426. The molecule has 0 amide bonds. The Morgan fingerprint density at radius 1 is 0.902 bits per heavy atom. The maximum atomic E-state index is 9.55. The average Bonchev–Trinajstić information content (AvgIpc) is 3.39. The summed E-state index contributed by atoms with van der Waals surface area (Å²) < 4.78 is 12.1. The van der Waals surface area contributed by atoms with Crippen LogP contribution in [-0.2, 0) is 22.6 Å². The van der Waals surface area contributed by atoms with E-state index >= 15 is 0 Å². The number of carboxylic acid groups (broad SMARTS) is 2. The second-order valence-electron chi connectivity index (χ2n) is 10.7. The fourth-order valence-corrected chi connectivity index (χ4v) is 5.73. The number of ether oxygens (including phenoxy) is 1. The topological polar surface area (TPSA) is 113 Å². The molecule has 5 rings (SSSR count). The summed E-state index contributed by atoms with van der Waals surface area (Å²) in [4.78, 5) is 26.7. The van der Waals surface area contributed by atoms with Crippen LogP contribution in [0.3, 0.4) is 0 Å². The van der Waals surface area contributed by atoms with E-state index in [4.69, 9.17) is 24.4 Å². The molecule has 1 aromatic heterocycles. The smallest absolute Gasteiger partial charge is 0.328 e. The minimum atomic E-state index is -1.26. The summed E-state index contributed by atoms with van der Waals surface area (Å²) in [5, 5.41) is 15.6. The molecule has 0 unspecified atom stereocenters. The molecule has 1 aliphatic carbocycles. The normalized spacial score (nSPS) is 16.7. The number of piperidine rings is 1. The molecule has 2 N–H and O–H groups in total. The quantitative estimate of drug-likeness (QED) is 0.289. The van der Waals surface area contributed by atoms with Crippen molar-refractivity contribution in [3.8, 4) is 5.75 Å². The first kappa shape index (κ1) is 30.1. The number of aromatic nitrogens is 1. The average molecular weight is 561 g/mol. The largest absolute Gasteiger partial charge is 0.496 e. The van der Waals surface area contributed by atoms with Gasteiger partial charge in [0.2, 0.25) is 0 Å². The number of methoxy groups -OCH3 is 1. The third kappa shape index (κ3) is 9.05. The van der Waals surface area contributed by atoms with E-state index in [1.165, 1.54) is 43.2 Å². The van der Waals surface area contributed by atoms with Gasteiger partial charge in [-0.3, -0.25) is 4.90 Å². The first-order valence-electron chi connectivity index (χ1n) is 14.4. The van der Waals surface area contributed by atoms with Gasteiger partial charge in [0.15, 0.2) is 5.89 Å². The molecule has 218 valence electrons. The van der Waals surface area contributed by atoms with E-state index in [2.05, 4.69) is 59.5 Å². The van der Waals surface area contributed by atoms with Crippen LogP contribution in [0.4, 0.5) is 0 Å². The third-order valence-corrected chi connectivity index (χ3v) is 7.87. The Kier molecular flexibility index (Phi) is 11.1. The van der Waals surface area contributed by atoms with E-state index in [1.807, 2.05) is 0 Å². The van der Waals surface area contributed by atoms with Crippen molar-refractivity contribution in [2.75, 3.05) is 20.2 Å². The van der Waals surface area contributed by atoms with E-state index in [0.29, 0.717) is 24.0 Å². The van der Waals surface area contributed by atoms with Crippen LogP contribution in [0, 0.1) is 0 Å². The van der Waals surface area contributed by atoms with Crippen molar-refractivity contribution in [1.82, 2.24) is 9.88 Å². The van der Waals surface area contributed by atoms with E-state index in [0.717, 1.165) is 62.0 Å². The molecule has 0 spiro atoms. The molecular formula is C33H40N2O6. The third-order valence-electron chi connectivity index (χ3n) is 7.87. The molecule has 0 atom stereocenters. The highest BCUT2D eigenvalue weighted by molar-refractivity contribution is 5.89. The molecule has 1 aliphatic heterocycles. The SMILES string of the molecule is COc1ccccc1C1CCN(Cc2oc(C3CCCCC3)nc2Cc2ccccc2)CC1.O=C(O)C=CC(=O)O. The van der Waals surface area contributed by atoms with E-state index < -0.39 is 11.9 Å². The Morgan fingerprint density at radius 2 is 1.54 bits per heavy atom. The number of oxazole rings is 1. The number of likely N-dealkylation sites (tertiary alicyclic amines) is 1. The van der Waals surface area contributed by atoms with Crippen LogP contribution in [0.2, 0.25) is 0 Å². The summed E-state index contributed by atoms with van der Waals surface area (Å²) in [6.07, 6.45) is 10.6. The van der Waals surface area contributed by atoms with Crippen LogP contribution in [0.25, 0.3) is 0 Å². The van der Waals surface area contributed by atoms with Crippen LogP contribution >= 0.6 is 0 Å². The molecular weight excluding hydrogens is 520 g/mol. The highest BCUT2D eigenvalue weighted by atomic mass is 16.5. The van der Waals surface area contributed by atoms with Gasteiger partial charge in [-0.2, -0.15) is 0 Å². The lowest BCUT2D eigenvalue weighted by Gasteiger charge is -2.32. The van der Waals surface area contributed by atoms with Crippen molar-refractivity contribution in [2.45, 2.75) is 69.7 Å². The monoisotopic (exact) mass is 560 g/mol. The molecule has 1 saturated carbocycles. The molecule has 8 nitrogen and oxygen atoms in total. The first-order chi connectivity index (χ1) is 19.9. The number of para-hydroxylation sites is 1. The molecule has 2 aliphatic rings. The van der Waals surface area contributed by atoms with Crippen molar-refractivity contribution in [2.24, 2.45) is 0 Å². The van der Waals surface area contributed by atoms with E-state index in [9.17, 15) is 9.59 Å². The molecule has 2 fully saturated rings. The fraction of sp³-hybridized carbons (Fsp3) is 0.424. The van der Waals surface area contributed by atoms with Crippen molar-refractivity contribution in [3.63, 3.8) is 0 Å². The fourth-order valence-electron chi connectivity index (χ4n) is 5.73. The predicted molar refractivity (Wildman–Crippen MR) is 156 cm³/mol. The van der Waals surface area contributed by atoms with Crippen molar-refractivity contribution < 1.29 is 29.0 Å². The van der Waals surface area contributed by atoms with Crippen molar-refractivity contribution >= 4 is 11.9 Å². The standard InChI is InChI=1S/C29H36N2O2.C4H4O4/c1-32-27-15-9-8-14-25(27)23-16-18-31(19-17-23)21-28-26(20-22-10-4-2-5-11-22)30-29(33-28)24-12-6-3-7-13-24;5-3(6)1-2-4(7)8/h2,4-5,8-11,14-15,23-24H,3,6-7,12-13,16-21H2,1H3;1-2H,(H,5,6)(H,7,8). The Morgan fingerprint density at radius 3 is 2.17 bits per heavy atom. The number of nitrogens with zero attached hydrogens (tertiary/aromatic N) is 2. The number of hydrogen-bond donors (Lipinski definition) is 2. The van der Waals surface area contributed by atoms with Crippen molar-refractivity contribution in [1.29, 1.82) is 0 Å². The van der Waals surface area contributed by atoms with Gasteiger partial charge >= 0.3 is 11.9 Å². The molecule has 2 aromatic carbocycles. The summed E-state index contributed by atoms with van der Waals surface area (Å²) in [7, 11) is 1.77. The minimum Gasteiger partial charge on any atom is -0.496 e. The Bertz CT molecular complexity index is 1270. The molecule has 0 radical (unpaired) electrons. The number of carbonyl (C=O) groups is 2. The number of carboxylic acids is 2. The molecule has 1 saturated heterocycles. The van der Waals surface area contributed by atoms with Gasteiger partial charge in [0, 0.05) is 24.5 Å². The summed E-state index contributed by atoms with van der Waals surface area (Å²) in [6.45, 7) is 3.01. The molecule has 0 bridgehead atoms. The predicted octanol–water partition coefficient (Wildman–Crippen LogP) is 6.41. The van der Waals surface area contributed by atoms with Gasteiger partial charge in [-0.05, 0) is 61.9 Å². The zero-order chi connectivity index (χ0) is 29.0. The van der Waals surface area contributed by atoms with Crippen LogP contribution in [0.15, 0.2) is 71.2 Å². The second kappa shape index (κ2) is 15.2. The van der Waals surface area contributed by atoms with Gasteiger partial charge in [0.05, 0.1) is 19.3 Å². The summed E-state index contributed by atoms with van der Waals surface area (Å²) in [5.41, 5.74) is 3.79. The Hall–Kier alpha value is -3.91. The Labute approximate surface area is 241 Å². The van der Waals surface area contributed by atoms with Crippen LogP contribution in [0.5, 0.6) is 5.75 Å². The minimum absolute atomic E-state index is 0.498. The lowest BCUT2D eigenvalue weighted by atomic mass is 9.88. The van der Waals surface area contributed by atoms with E-state index in [1.54, 1.807) is 7.11 Å². The maximum Gasteiger partial charge on any atom is 0.328 e.